The molecule has 10 rings (SSSR count). The van der Waals surface area contributed by atoms with E-state index in [1.54, 1.807) is 5.56 Å². The van der Waals surface area contributed by atoms with Gasteiger partial charge in [-0.25, -0.2) is 0 Å². The van der Waals surface area contributed by atoms with E-state index in [9.17, 15) is 0 Å². The fourth-order valence-corrected chi connectivity index (χ4v) is 9.74. The molecule has 2 heteroatoms. The summed E-state index contributed by atoms with van der Waals surface area (Å²) < 4.78 is 2.57. The summed E-state index contributed by atoms with van der Waals surface area (Å²) in [5.74, 6) is 3.26. The number of nitrogens with zero attached hydrogens (tertiary/aromatic N) is 1. The average molecular weight is 486 g/mol. The first-order valence-electron chi connectivity index (χ1n) is 13.7. The Hall–Kier alpha value is -3.03. The lowest BCUT2D eigenvalue weighted by atomic mass is 9.43. The molecular weight excluding hydrogens is 458 g/mol. The summed E-state index contributed by atoms with van der Waals surface area (Å²) in [6.45, 7) is 0. The molecule has 176 valence electrons. The van der Waals surface area contributed by atoms with E-state index in [1.165, 1.54) is 76.3 Å². The molecule has 0 aliphatic heterocycles. The largest absolute Gasteiger partial charge is 0.309 e. The van der Waals surface area contributed by atoms with Gasteiger partial charge in [-0.3, -0.25) is 0 Å². The van der Waals surface area contributed by atoms with Crippen molar-refractivity contribution in [3.05, 3.63) is 101 Å². The molecule has 1 aromatic heterocycles. The summed E-state index contributed by atoms with van der Waals surface area (Å²) in [5.41, 5.74) is 10.0. The van der Waals surface area contributed by atoms with Crippen molar-refractivity contribution in [3.63, 3.8) is 0 Å². The first-order valence-corrected chi connectivity index (χ1v) is 14.0. The summed E-state index contributed by atoms with van der Waals surface area (Å²) in [6, 6.07) is 31.7. The minimum atomic E-state index is 0.0755. The highest BCUT2D eigenvalue weighted by Crippen LogP contribution is 2.70. The van der Waals surface area contributed by atoms with Crippen LogP contribution in [0.4, 0.5) is 0 Å². The van der Waals surface area contributed by atoms with Crippen LogP contribution in [-0.4, -0.2) is 4.57 Å². The third-order valence-electron chi connectivity index (χ3n) is 10.4. The Morgan fingerprint density at radius 1 is 0.639 bits per heavy atom. The maximum absolute atomic E-state index is 6.75. The number of aromatic nitrogens is 1. The summed E-state index contributed by atoms with van der Waals surface area (Å²) in [6.07, 6.45) is 6.96. The first-order chi connectivity index (χ1) is 17.7. The maximum atomic E-state index is 6.75. The highest BCUT2D eigenvalue weighted by Gasteiger charge is 2.62. The van der Waals surface area contributed by atoms with Gasteiger partial charge in [-0.2, -0.15) is 0 Å². The van der Waals surface area contributed by atoms with Crippen LogP contribution in [0.25, 0.3) is 38.6 Å². The molecule has 5 aliphatic rings. The molecule has 4 bridgehead atoms. The fraction of sp³-hybridized carbons (Fsp3) is 0.294. The fourth-order valence-electron chi connectivity index (χ4n) is 9.57. The predicted octanol–water partition coefficient (Wildman–Crippen LogP) is 9.16. The summed E-state index contributed by atoms with van der Waals surface area (Å²) >= 11 is 6.75. The van der Waals surface area contributed by atoms with E-state index < -0.39 is 0 Å². The molecule has 4 aromatic carbocycles. The Labute approximate surface area is 216 Å². The number of fused-ring (bicyclic) bond motifs is 6. The van der Waals surface area contributed by atoms with E-state index in [0.717, 1.165) is 16.9 Å². The van der Waals surface area contributed by atoms with Gasteiger partial charge < -0.3 is 4.57 Å². The molecule has 0 atom stereocenters. The van der Waals surface area contributed by atoms with Crippen LogP contribution in [0.2, 0.25) is 5.02 Å². The van der Waals surface area contributed by atoms with Crippen LogP contribution >= 0.6 is 11.6 Å². The van der Waals surface area contributed by atoms with Crippen molar-refractivity contribution in [1.29, 1.82) is 0 Å². The summed E-state index contributed by atoms with van der Waals surface area (Å²) in [5, 5.41) is 3.56. The van der Waals surface area contributed by atoms with E-state index in [0.29, 0.717) is 11.8 Å². The van der Waals surface area contributed by atoms with Gasteiger partial charge in [0.1, 0.15) is 0 Å². The SMILES string of the molecule is Clc1ccc2c(c1)C1(c3c-2cccc3-n2c3ccccc3c3ccccc32)C2CC3CC(C2)CC1C3. The lowest BCUT2D eigenvalue weighted by Crippen LogP contribution is -2.55. The molecule has 5 aliphatic carbocycles. The number of rotatable bonds is 1. The standard InChI is InChI=1S/C34H28ClN/c35-24-12-13-25-28-8-5-11-32(36-30-9-3-1-6-26(30)27-7-2-4-10-31(27)36)33(28)34(29(25)19-24)22-15-20-14-21(17-22)18-23(34)16-20/h1-13,19-23H,14-18H2. The normalized spacial score (nSPS) is 29.4. The average Bonchev–Trinajstić information content (AvgIpc) is 3.38. The number of benzene rings is 4. The van der Waals surface area contributed by atoms with E-state index in [1.807, 2.05) is 0 Å². The number of hydrogen-bond donors (Lipinski definition) is 0. The van der Waals surface area contributed by atoms with Crippen molar-refractivity contribution in [2.45, 2.75) is 37.5 Å². The van der Waals surface area contributed by atoms with Crippen LogP contribution < -0.4 is 0 Å². The van der Waals surface area contributed by atoms with Crippen LogP contribution in [0.15, 0.2) is 84.9 Å². The Kier molecular flexibility index (Phi) is 3.81. The third kappa shape index (κ3) is 2.30. The Bertz CT molecular complexity index is 1640. The minimum absolute atomic E-state index is 0.0755. The van der Waals surface area contributed by atoms with Crippen LogP contribution in [0.5, 0.6) is 0 Å². The highest BCUT2D eigenvalue weighted by molar-refractivity contribution is 6.30. The number of hydrogen-bond acceptors (Lipinski definition) is 0. The Morgan fingerprint density at radius 2 is 1.28 bits per heavy atom. The van der Waals surface area contributed by atoms with Gasteiger partial charge in [0.25, 0.3) is 0 Å². The molecule has 0 unspecified atom stereocenters. The van der Waals surface area contributed by atoms with Crippen LogP contribution in [-0.2, 0) is 5.41 Å². The second kappa shape index (κ2) is 6.84. The summed E-state index contributed by atoms with van der Waals surface area (Å²) in [7, 11) is 0. The van der Waals surface area contributed by atoms with Gasteiger partial charge in [0.2, 0.25) is 0 Å². The van der Waals surface area contributed by atoms with E-state index in [4.69, 9.17) is 11.6 Å². The minimum Gasteiger partial charge on any atom is -0.309 e. The van der Waals surface area contributed by atoms with Crippen LogP contribution in [0.1, 0.15) is 43.2 Å². The zero-order valence-electron chi connectivity index (χ0n) is 20.3. The molecule has 0 amide bonds. The number of para-hydroxylation sites is 2. The highest BCUT2D eigenvalue weighted by atomic mass is 35.5. The third-order valence-corrected chi connectivity index (χ3v) is 10.7. The van der Waals surface area contributed by atoms with Gasteiger partial charge in [0.05, 0.1) is 16.7 Å². The molecule has 36 heavy (non-hydrogen) atoms. The van der Waals surface area contributed by atoms with Crippen molar-refractivity contribution in [2.75, 3.05) is 0 Å². The first kappa shape index (κ1) is 20.1. The van der Waals surface area contributed by atoms with Crippen molar-refractivity contribution >= 4 is 33.4 Å². The van der Waals surface area contributed by atoms with E-state index >= 15 is 0 Å². The lowest BCUT2D eigenvalue weighted by molar-refractivity contribution is -0.0399. The molecule has 4 fully saturated rings. The molecule has 0 N–H and O–H groups in total. The second-order valence-corrected chi connectivity index (χ2v) is 12.4. The molecular formula is C34H28ClN. The molecule has 1 spiro atoms. The van der Waals surface area contributed by atoms with Gasteiger partial charge in [-0.15, -0.1) is 0 Å². The van der Waals surface area contributed by atoms with Gasteiger partial charge in [-0.05, 0) is 108 Å². The Balaban J connectivity index is 1.43. The topological polar surface area (TPSA) is 4.93 Å². The van der Waals surface area contributed by atoms with E-state index in [2.05, 4.69) is 89.5 Å². The van der Waals surface area contributed by atoms with Gasteiger partial charge in [0, 0.05) is 21.2 Å². The Morgan fingerprint density at radius 3 is 1.94 bits per heavy atom. The molecule has 0 radical (unpaired) electrons. The quantitative estimate of drug-likeness (QED) is 0.223. The summed E-state index contributed by atoms with van der Waals surface area (Å²) in [4.78, 5) is 0. The molecule has 5 aromatic rings. The monoisotopic (exact) mass is 485 g/mol. The molecule has 0 saturated heterocycles. The molecule has 1 heterocycles. The van der Waals surface area contributed by atoms with Gasteiger partial charge in [0.15, 0.2) is 0 Å². The maximum Gasteiger partial charge on any atom is 0.0541 e. The smallest absolute Gasteiger partial charge is 0.0541 e. The number of halogens is 1. The van der Waals surface area contributed by atoms with Gasteiger partial charge in [-0.1, -0.05) is 66.2 Å². The van der Waals surface area contributed by atoms with Crippen molar-refractivity contribution in [1.82, 2.24) is 4.57 Å². The van der Waals surface area contributed by atoms with E-state index in [-0.39, 0.29) is 5.41 Å². The second-order valence-electron chi connectivity index (χ2n) is 11.9. The lowest BCUT2D eigenvalue weighted by Gasteiger charge is -2.61. The zero-order chi connectivity index (χ0) is 23.6. The molecule has 1 nitrogen and oxygen atoms in total. The van der Waals surface area contributed by atoms with Crippen LogP contribution in [0.3, 0.4) is 0 Å². The predicted molar refractivity (Wildman–Crippen MR) is 149 cm³/mol. The molecule has 4 saturated carbocycles. The zero-order valence-corrected chi connectivity index (χ0v) is 21.0. The van der Waals surface area contributed by atoms with Crippen molar-refractivity contribution < 1.29 is 0 Å². The van der Waals surface area contributed by atoms with Crippen molar-refractivity contribution in [2.24, 2.45) is 23.7 Å². The van der Waals surface area contributed by atoms with Crippen LogP contribution in [0, 0.1) is 23.7 Å². The van der Waals surface area contributed by atoms with Gasteiger partial charge >= 0.3 is 0 Å². The van der Waals surface area contributed by atoms with Crippen molar-refractivity contribution in [3.8, 4) is 16.8 Å².